The van der Waals surface area contributed by atoms with Gasteiger partial charge in [-0.3, -0.25) is 9.78 Å². The molecule has 0 saturated carbocycles. The van der Waals surface area contributed by atoms with Crippen LogP contribution in [-0.4, -0.2) is 51.5 Å². The van der Waals surface area contributed by atoms with Crippen LogP contribution in [0.3, 0.4) is 0 Å². The van der Waals surface area contributed by atoms with E-state index >= 15 is 0 Å². The number of hydrogen-bond acceptors (Lipinski definition) is 3. The van der Waals surface area contributed by atoms with Crippen LogP contribution in [0.25, 0.3) is 0 Å². The molecule has 1 atom stereocenters. The van der Waals surface area contributed by atoms with Crippen molar-refractivity contribution in [2.45, 2.75) is 19.0 Å². The molecule has 96 valence electrons. The average Bonchev–Trinajstić information content (AvgIpc) is 2.58. The average molecular weight is 249 g/mol. The summed E-state index contributed by atoms with van der Waals surface area (Å²) in [6.45, 7) is 0.936. The SMILES string of the molecule is CN1C(=O)N(Cc2ccncc2)CC1CC(=O)O. The molecule has 2 amide bonds. The maximum Gasteiger partial charge on any atom is 0.320 e. The lowest BCUT2D eigenvalue weighted by Crippen LogP contribution is -2.32. The van der Waals surface area contributed by atoms with Crippen LogP contribution in [-0.2, 0) is 11.3 Å². The fraction of sp³-hybridized carbons (Fsp3) is 0.417. The molecular formula is C12H15N3O3. The molecular weight excluding hydrogens is 234 g/mol. The van der Waals surface area contributed by atoms with Gasteiger partial charge in [-0.1, -0.05) is 0 Å². The third-order valence-corrected chi connectivity index (χ3v) is 3.08. The lowest BCUT2D eigenvalue weighted by atomic mass is 10.2. The lowest BCUT2D eigenvalue weighted by molar-refractivity contribution is -0.137. The van der Waals surface area contributed by atoms with E-state index in [2.05, 4.69) is 4.98 Å². The number of likely N-dealkylation sites (N-methyl/N-ethyl adjacent to an activating group) is 1. The Kier molecular flexibility index (Phi) is 3.45. The minimum absolute atomic E-state index is 0.0188. The highest BCUT2D eigenvalue weighted by Gasteiger charge is 2.35. The van der Waals surface area contributed by atoms with Crippen LogP contribution in [0.5, 0.6) is 0 Å². The van der Waals surface area contributed by atoms with Crippen molar-refractivity contribution < 1.29 is 14.7 Å². The molecule has 1 N–H and O–H groups in total. The summed E-state index contributed by atoms with van der Waals surface area (Å²) in [6, 6.07) is 3.31. The van der Waals surface area contributed by atoms with Crippen molar-refractivity contribution in [1.82, 2.24) is 14.8 Å². The Balaban J connectivity index is 2.03. The number of urea groups is 1. The summed E-state index contributed by atoms with van der Waals surface area (Å²) in [6.07, 6.45) is 3.33. The molecule has 1 aliphatic rings. The fourth-order valence-corrected chi connectivity index (χ4v) is 2.08. The summed E-state index contributed by atoms with van der Waals surface area (Å²) < 4.78 is 0. The molecule has 1 saturated heterocycles. The van der Waals surface area contributed by atoms with Gasteiger partial charge in [-0.2, -0.15) is 0 Å². The number of hydrogen-bond donors (Lipinski definition) is 1. The number of aliphatic carboxylic acids is 1. The minimum Gasteiger partial charge on any atom is -0.481 e. The molecule has 1 unspecified atom stereocenters. The monoisotopic (exact) mass is 249 g/mol. The summed E-state index contributed by atoms with van der Waals surface area (Å²) in [5.74, 6) is -0.884. The third kappa shape index (κ3) is 2.58. The highest BCUT2D eigenvalue weighted by Crippen LogP contribution is 2.18. The van der Waals surface area contributed by atoms with Gasteiger partial charge in [-0.05, 0) is 17.7 Å². The number of aromatic nitrogens is 1. The van der Waals surface area contributed by atoms with Crippen LogP contribution in [0.15, 0.2) is 24.5 Å². The van der Waals surface area contributed by atoms with Crippen LogP contribution >= 0.6 is 0 Å². The van der Waals surface area contributed by atoms with Gasteiger partial charge in [0.2, 0.25) is 0 Å². The van der Waals surface area contributed by atoms with Crippen molar-refractivity contribution in [3.8, 4) is 0 Å². The Bertz CT molecular complexity index is 449. The Morgan fingerprint density at radius 3 is 2.78 bits per heavy atom. The maximum atomic E-state index is 11.9. The molecule has 0 aliphatic carbocycles. The zero-order valence-electron chi connectivity index (χ0n) is 10.1. The normalized spacial score (nSPS) is 19.4. The van der Waals surface area contributed by atoms with E-state index in [0.717, 1.165) is 5.56 Å². The first-order chi connectivity index (χ1) is 8.58. The zero-order valence-corrected chi connectivity index (χ0v) is 10.1. The summed E-state index contributed by atoms with van der Waals surface area (Å²) >= 11 is 0. The van der Waals surface area contributed by atoms with Gasteiger partial charge in [0.05, 0.1) is 12.5 Å². The van der Waals surface area contributed by atoms with E-state index in [0.29, 0.717) is 13.1 Å². The van der Waals surface area contributed by atoms with Gasteiger partial charge >= 0.3 is 12.0 Å². The molecule has 0 aromatic carbocycles. The van der Waals surface area contributed by atoms with E-state index < -0.39 is 5.97 Å². The molecule has 1 fully saturated rings. The summed E-state index contributed by atoms with van der Waals surface area (Å²) in [4.78, 5) is 29.7. The number of carbonyl (C=O) groups excluding carboxylic acids is 1. The number of carbonyl (C=O) groups is 2. The first kappa shape index (κ1) is 12.3. The summed E-state index contributed by atoms with van der Waals surface area (Å²) in [7, 11) is 1.64. The van der Waals surface area contributed by atoms with E-state index in [1.165, 1.54) is 4.90 Å². The Labute approximate surface area is 105 Å². The molecule has 6 heteroatoms. The second kappa shape index (κ2) is 5.03. The van der Waals surface area contributed by atoms with E-state index in [9.17, 15) is 9.59 Å². The van der Waals surface area contributed by atoms with Gasteiger partial charge in [0.15, 0.2) is 0 Å². The molecule has 18 heavy (non-hydrogen) atoms. The first-order valence-corrected chi connectivity index (χ1v) is 5.70. The topological polar surface area (TPSA) is 73.7 Å². The van der Waals surface area contributed by atoms with Gasteiger partial charge in [0, 0.05) is 32.5 Å². The van der Waals surface area contributed by atoms with Crippen LogP contribution in [0.1, 0.15) is 12.0 Å². The van der Waals surface area contributed by atoms with Crippen LogP contribution in [0.4, 0.5) is 4.79 Å². The maximum absolute atomic E-state index is 11.9. The minimum atomic E-state index is -0.884. The van der Waals surface area contributed by atoms with E-state index in [1.54, 1.807) is 24.3 Å². The first-order valence-electron chi connectivity index (χ1n) is 5.70. The van der Waals surface area contributed by atoms with Crippen molar-refractivity contribution in [3.05, 3.63) is 30.1 Å². The number of carboxylic acids is 1. The molecule has 6 nitrogen and oxygen atoms in total. The molecule has 1 aromatic rings. The molecule has 2 rings (SSSR count). The van der Waals surface area contributed by atoms with Gasteiger partial charge in [0.1, 0.15) is 0 Å². The smallest absolute Gasteiger partial charge is 0.320 e. The quantitative estimate of drug-likeness (QED) is 0.856. The zero-order chi connectivity index (χ0) is 13.1. The van der Waals surface area contributed by atoms with Gasteiger partial charge < -0.3 is 14.9 Å². The fourth-order valence-electron chi connectivity index (χ4n) is 2.08. The number of pyridine rings is 1. The van der Waals surface area contributed by atoms with E-state index in [4.69, 9.17) is 5.11 Å². The summed E-state index contributed by atoms with van der Waals surface area (Å²) in [5, 5.41) is 8.79. The number of carboxylic acid groups (broad SMARTS) is 1. The summed E-state index contributed by atoms with van der Waals surface area (Å²) in [5.41, 5.74) is 0.989. The number of nitrogens with zero attached hydrogens (tertiary/aromatic N) is 3. The highest BCUT2D eigenvalue weighted by atomic mass is 16.4. The number of rotatable bonds is 4. The van der Waals surface area contributed by atoms with Gasteiger partial charge in [0.25, 0.3) is 0 Å². The van der Waals surface area contributed by atoms with Crippen molar-refractivity contribution in [2.24, 2.45) is 0 Å². The molecule has 0 spiro atoms. The van der Waals surface area contributed by atoms with Crippen molar-refractivity contribution in [1.29, 1.82) is 0 Å². The van der Waals surface area contributed by atoms with E-state index in [-0.39, 0.29) is 18.5 Å². The Morgan fingerprint density at radius 2 is 2.17 bits per heavy atom. The van der Waals surface area contributed by atoms with E-state index in [1.807, 2.05) is 12.1 Å². The standard InChI is InChI=1S/C12H15N3O3/c1-14-10(6-11(16)17)8-15(12(14)18)7-9-2-4-13-5-3-9/h2-5,10H,6-8H2,1H3,(H,16,17). The number of amides is 2. The second-order valence-corrected chi connectivity index (χ2v) is 4.38. The van der Waals surface area contributed by atoms with Crippen molar-refractivity contribution in [3.63, 3.8) is 0 Å². The highest BCUT2D eigenvalue weighted by molar-refractivity contribution is 5.78. The van der Waals surface area contributed by atoms with Crippen molar-refractivity contribution in [2.75, 3.05) is 13.6 Å². The molecule has 0 bridgehead atoms. The predicted molar refractivity (Wildman–Crippen MR) is 63.8 cm³/mol. The Morgan fingerprint density at radius 1 is 1.50 bits per heavy atom. The Hall–Kier alpha value is -2.11. The van der Waals surface area contributed by atoms with Crippen molar-refractivity contribution >= 4 is 12.0 Å². The predicted octanol–water partition coefficient (Wildman–Crippen LogP) is 0.792. The van der Waals surface area contributed by atoms with Crippen LogP contribution in [0.2, 0.25) is 0 Å². The molecule has 2 heterocycles. The largest absolute Gasteiger partial charge is 0.481 e. The van der Waals surface area contributed by atoms with Crippen LogP contribution < -0.4 is 0 Å². The third-order valence-electron chi connectivity index (χ3n) is 3.08. The lowest BCUT2D eigenvalue weighted by Gasteiger charge is -2.16. The molecule has 1 aliphatic heterocycles. The second-order valence-electron chi connectivity index (χ2n) is 4.38. The van der Waals surface area contributed by atoms with Gasteiger partial charge in [-0.15, -0.1) is 0 Å². The van der Waals surface area contributed by atoms with Gasteiger partial charge in [-0.25, -0.2) is 4.79 Å². The molecule has 1 aromatic heterocycles. The van der Waals surface area contributed by atoms with Crippen LogP contribution in [0, 0.1) is 0 Å². The molecule has 0 radical (unpaired) electrons.